The van der Waals surface area contributed by atoms with Gasteiger partial charge in [0.05, 0.1) is 23.1 Å². The van der Waals surface area contributed by atoms with E-state index in [1.807, 2.05) is 0 Å². The fraction of sp³-hybridized carbons (Fsp3) is 0. The van der Waals surface area contributed by atoms with Crippen LogP contribution in [0.15, 0.2) is 35.5 Å². The number of aromatic nitrogens is 2. The van der Waals surface area contributed by atoms with Crippen LogP contribution in [0.3, 0.4) is 0 Å². The molecule has 1 aromatic carbocycles. The van der Waals surface area contributed by atoms with Crippen molar-refractivity contribution in [3.05, 3.63) is 46.7 Å². The fourth-order valence-electron chi connectivity index (χ4n) is 1.21. The maximum absolute atomic E-state index is 13.0. The highest BCUT2D eigenvalue weighted by Crippen LogP contribution is 2.21. The highest BCUT2D eigenvalue weighted by molar-refractivity contribution is 7.92. The zero-order chi connectivity index (χ0) is 14.0. The van der Waals surface area contributed by atoms with Crippen molar-refractivity contribution in [3.8, 4) is 0 Å². The van der Waals surface area contributed by atoms with Gasteiger partial charge in [-0.15, -0.1) is 0 Å². The Morgan fingerprint density at radius 1 is 1.16 bits per heavy atom. The molecular weight excluding hydrogens is 316 g/mol. The second kappa shape index (κ2) is 5.28. The summed E-state index contributed by atoms with van der Waals surface area (Å²) >= 11 is 11.0. The number of anilines is 1. The van der Waals surface area contributed by atoms with Gasteiger partial charge in [-0.3, -0.25) is 4.72 Å². The SMILES string of the molecule is O=S(=O)(Nc1ccc(F)c(Cl)c1)c1cnc(Cl)nc1. The van der Waals surface area contributed by atoms with E-state index in [1.54, 1.807) is 0 Å². The van der Waals surface area contributed by atoms with Gasteiger partial charge in [0.25, 0.3) is 10.0 Å². The number of halogens is 3. The molecule has 100 valence electrons. The minimum absolute atomic E-state index is 0.0659. The lowest BCUT2D eigenvalue weighted by Gasteiger charge is -2.07. The van der Waals surface area contributed by atoms with Gasteiger partial charge in [0.2, 0.25) is 5.28 Å². The van der Waals surface area contributed by atoms with Crippen molar-refractivity contribution in [2.24, 2.45) is 0 Å². The van der Waals surface area contributed by atoms with Crippen LogP contribution in [0.1, 0.15) is 0 Å². The lowest BCUT2D eigenvalue weighted by atomic mass is 10.3. The molecule has 0 spiro atoms. The van der Waals surface area contributed by atoms with E-state index >= 15 is 0 Å². The van der Waals surface area contributed by atoms with Crippen LogP contribution in [-0.4, -0.2) is 18.4 Å². The highest BCUT2D eigenvalue weighted by Gasteiger charge is 2.16. The second-order valence-electron chi connectivity index (χ2n) is 3.42. The predicted octanol–water partition coefficient (Wildman–Crippen LogP) is 2.72. The molecule has 1 aromatic heterocycles. The molecule has 2 rings (SSSR count). The minimum Gasteiger partial charge on any atom is -0.279 e. The molecule has 9 heteroatoms. The number of nitrogens with one attached hydrogen (secondary N) is 1. The van der Waals surface area contributed by atoms with E-state index in [2.05, 4.69) is 14.7 Å². The molecule has 0 bridgehead atoms. The molecule has 0 aliphatic heterocycles. The Bertz CT molecular complexity index is 707. The third-order valence-corrected chi connectivity index (χ3v) is 3.90. The molecular formula is C10H6Cl2FN3O2S. The largest absolute Gasteiger partial charge is 0.279 e. The summed E-state index contributed by atoms with van der Waals surface area (Å²) in [5, 5.41) is -0.253. The number of hydrogen-bond donors (Lipinski definition) is 1. The van der Waals surface area contributed by atoms with Crippen molar-refractivity contribution in [1.82, 2.24) is 9.97 Å². The Hall–Kier alpha value is -1.44. The lowest BCUT2D eigenvalue weighted by molar-refractivity contribution is 0.600. The summed E-state index contributed by atoms with van der Waals surface area (Å²) in [5.41, 5.74) is 0.126. The second-order valence-corrected chi connectivity index (χ2v) is 5.85. The van der Waals surface area contributed by atoms with Gasteiger partial charge in [0.1, 0.15) is 10.7 Å². The molecule has 0 saturated heterocycles. The smallest absolute Gasteiger partial charge is 0.264 e. The van der Waals surface area contributed by atoms with Gasteiger partial charge in [0, 0.05) is 0 Å². The molecule has 0 radical (unpaired) electrons. The normalized spacial score (nSPS) is 11.3. The standard InChI is InChI=1S/C10H6Cl2FN3O2S/c11-8-3-6(1-2-9(8)13)16-19(17,18)7-4-14-10(12)15-5-7/h1-5,16H. The van der Waals surface area contributed by atoms with E-state index in [9.17, 15) is 12.8 Å². The Morgan fingerprint density at radius 3 is 2.37 bits per heavy atom. The Balaban J connectivity index is 2.30. The lowest BCUT2D eigenvalue weighted by Crippen LogP contribution is -2.13. The average molecular weight is 322 g/mol. The van der Waals surface area contributed by atoms with Crippen molar-refractivity contribution in [2.45, 2.75) is 4.90 Å². The van der Waals surface area contributed by atoms with Crippen LogP contribution in [0, 0.1) is 5.82 Å². The Labute approximate surface area is 118 Å². The summed E-state index contributed by atoms with van der Waals surface area (Å²) in [6, 6.07) is 3.46. The third-order valence-electron chi connectivity index (χ3n) is 2.08. The zero-order valence-corrected chi connectivity index (χ0v) is 11.5. The Morgan fingerprint density at radius 2 is 1.79 bits per heavy atom. The number of benzene rings is 1. The minimum atomic E-state index is -3.87. The number of rotatable bonds is 3. The predicted molar refractivity (Wildman–Crippen MR) is 69.3 cm³/mol. The third kappa shape index (κ3) is 3.31. The molecule has 1 N–H and O–H groups in total. The number of nitrogens with zero attached hydrogens (tertiary/aromatic N) is 2. The van der Waals surface area contributed by atoms with E-state index in [1.165, 1.54) is 6.07 Å². The highest BCUT2D eigenvalue weighted by atomic mass is 35.5. The first-order chi connectivity index (χ1) is 8.88. The van der Waals surface area contributed by atoms with Gasteiger partial charge in [-0.2, -0.15) is 0 Å². The van der Waals surface area contributed by atoms with E-state index in [-0.39, 0.29) is 20.9 Å². The van der Waals surface area contributed by atoms with Crippen molar-refractivity contribution in [2.75, 3.05) is 4.72 Å². The summed E-state index contributed by atoms with van der Waals surface area (Å²) < 4.78 is 39.1. The average Bonchev–Trinajstić information content (AvgIpc) is 2.34. The Kier molecular flexibility index (Phi) is 3.88. The molecule has 0 saturated carbocycles. The molecule has 0 aliphatic rings. The van der Waals surface area contributed by atoms with Crippen LogP contribution in [0.25, 0.3) is 0 Å². The van der Waals surface area contributed by atoms with Gasteiger partial charge in [-0.25, -0.2) is 22.8 Å². The zero-order valence-electron chi connectivity index (χ0n) is 9.14. The van der Waals surface area contributed by atoms with Gasteiger partial charge >= 0.3 is 0 Å². The quantitative estimate of drug-likeness (QED) is 0.882. The van der Waals surface area contributed by atoms with E-state index < -0.39 is 15.8 Å². The monoisotopic (exact) mass is 321 g/mol. The first-order valence-electron chi connectivity index (χ1n) is 4.84. The van der Waals surface area contributed by atoms with Gasteiger partial charge in [0.15, 0.2) is 0 Å². The fourth-order valence-corrected chi connectivity index (χ4v) is 2.43. The van der Waals surface area contributed by atoms with E-state index in [0.29, 0.717) is 0 Å². The summed E-state index contributed by atoms with van der Waals surface area (Å²) in [5.74, 6) is -0.639. The number of hydrogen-bond acceptors (Lipinski definition) is 4. The summed E-state index contributed by atoms with van der Waals surface area (Å²) in [6.07, 6.45) is 2.12. The summed E-state index contributed by atoms with van der Waals surface area (Å²) in [4.78, 5) is 6.97. The van der Waals surface area contributed by atoms with Crippen molar-refractivity contribution in [3.63, 3.8) is 0 Å². The van der Waals surface area contributed by atoms with Crippen molar-refractivity contribution < 1.29 is 12.8 Å². The van der Waals surface area contributed by atoms with Crippen LogP contribution >= 0.6 is 23.2 Å². The first-order valence-corrected chi connectivity index (χ1v) is 7.08. The van der Waals surface area contributed by atoms with Crippen LogP contribution in [-0.2, 0) is 10.0 Å². The molecule has 2 aromatic rings. The number of sulfonamides is 1. The maximum atomic E-state index is 13.0. The molecule has 1 heterocycles. The molecule has 0 amide bonds. The van der Waals surface area contributed by atoms with Crippen LogP contribution < -0.4 is 4.72 Å². The first kappa shape index (κ1) is 14.0. The van der Waals surface area contributed by atoms with Crippen molar-refractivity contribution >= 4 is 38.9 Å². The summed E-state index contributed by atoms with van der Waals surface area (Å²) in [6.45, 7) is 0. The van der Waals surface area contributed by atoms with E-state index in [0.717, 1.165) is 24.5 Å². The van der Waals surface area contributed by atoms with Crippen LogP contribution in [0.4, 0.5) is 10.1 Å². The molecule has 5 nitrogen and oxygen atoms in total. The van der Waals surface area contributed by atoms with Crippen LogP contribution in [0.5, 0.6) is 0 Å². The van der Waals surface area contributed by atoms with Gasteiger partial charge < -0.3 is 0 Å². The molecule has 0 atom stereocenters. The topological polar surface area (TPSA) is 72.0 Å². The maximum Gasteiger partial charge on any atom is 0.264 e. The molecule has 0 fully saturated rings. The summed E-state index contributed by atoms with van der Waals surface area (Å²) in [7, 11) is -3.87. The molecule has 0 unspecified atom stereocenters. The van der Waals surface area contributed by atoms with Gasteiger partial charge in [-0.05, 0) is 29.8 Å². The van der Waals surface area contributed by atoms with Crippen LogP contribution in [0.2, 0.25) is 10.3 Å². The van der Waals surface area contributed by atoms with Crippen molar-refractivity contribution in [1.29, 1.82) is 0 Å². The van der Waals surface area contributed by atoms with E-state index in [4.69, 9.17) is 23.2 Å². The molecule has 0 aliphatic carbocycles. The van der Waals surface area contributed by atoms with Gasteiger partial charge in [-0.1, -0.05) is 11.6 Å². The molecule has 19 heavy (non-hydrogen) atoms.